The Labute approximate surface area is 115 Å². The van der Waals surface area contributed by atoms with E-state index < -0.39 is 0 Å². The molecule has 2 nitrogen and oxygen atoms in total. The molecule has 0 saturated heterocycles. The van der Waals surface area contributed by atoms with Crippen LogP contribution in [0.2, 0.25) is 10.0 Å². The average molecular weight is 281 g/mol. The second kappa shape index (κ2) is 7.64. The van der Waals surface area contributed by atoms with E-state index in [1.807, 2.05) is 18.2 Å². The van der Waals surface area contributed by atoms with E-state index in [0.29, 0.717) is 15.6 Å². The molecule has 0 amide bonds. The maximum Gasteiger partial charge on any atom is 0.150 e. The summed E-state index contributed by atoms with van der Waals surface area (Å²) in [4.78, 5) is 20.2. The van der Waals surface area contributed by atoms with Gasteiger partial charge >= 0.3 is 0 Å². The lowest BCUT2D eigenvalue weighted by Gasteiger charge is -1.93. The van der Waals surface area contributed by atoms with Crippen LogP contribution in [-0.2, 0) is 0 Å². The van der Waals surface area contributed by atoms with Crippen molar-refractivity contribution in [2.45, 2.75) is 0 Å². The summed E-state index contributed by atoms with van der Waals surface area (Å²) in [6.45, 7) is 0. The van der Waals surface area contributed by atoms with Gasteiger partial charge in [-0.15, -0.1) is 0 Å². The van der Waals surface area contributed by atoms with Crippen molar-refractivity contribution < 1.29 is 9.59 Å². The lowest BCUT2D eigenvalue weighted by Crippen LogP contribution is -1.77. The van der Waals surface area contributed by atoms with Gasteiger partial charge in [-0.05, 0) is 12.1 Å². The van der Waals surface area contributed by atoms with Gasteiger partial charge in [0.05, 0.1) is 10.0 Å². The highest BCUT2D eigenvalue weighted by molar-refractivity contribution is 6.42. The Balaban J connectivity index is 0.000000184. The standard InChI is InChI=1S/C7H4Cl2O.C7H6O/c8-6-2-1-5(4-10)3-7(6)9;8-6-7-4-2-1-3-5-7/h1-4H;1-6H. The molecule has 0 heterocycles. The molecule has 0 spiro atoms. The first-order chi connectivity index (χ1) is 8.67. The smallest absolute Gasteiger partial charge is 0.150 e. The molecule has 0 aromatic heterocycles. The van der Waals surface area contributed by atoms with Gasteiger partial charge in [0.15, 0.2) is 0 Å². The highest BCUT2D eigenvalue weighted by Gasteiger charge is 1.96. The normalized spacial score (nSPS) is 9.00. The first-order valence-electron chi connectivity index (χ1n) is 5.08. The summed E-state index contributed by atoms with van der Waals surface area (Å²) in [5.41, 5.74) is 1.27. The largest absolute Gasteiger partial charge is 0.298 e. The number of benzene rings is 2. The summed E-state index contributed by atoms with van der Waals surface area (Å²) in [6.07, 6.45) is 1.56. The second-order valence-electron chi connectivity index (χ2n) is 3.32. The number of hydrogen-bond acceptors (Lipinski definition) is 2. The van der Waals surface area contributed by atoms with Gasteiger partial charge in [0.1, 0.15) is 12.6 Å². The van der Waals surface area contributed by atoms with Gasteiger partial charge in [-0.2, -0.15) is 0 Å². The molecule has 0 saturated carbocycles. The molecule has 0 fully saturated rings. The van der Waals surface area contributed by atoms with Crippen molar-refractivity contribution in [3.05, 3.63) is 69.7 Å². The van der Waals surface area contributed by atoms with E-state index in [-0.39, 0.29) is 0 Å². The molecule has 4 heteroatoms. The zero-order chi connectivity index (χ0) is 13.4. The minimum absolute atomic E-state index is 0.409. The van der Waals surface area contributed by atoms with Gasteiger partial charge in [-0.3, -0.25) is 9.59 Å². The predicted octanol–water partition coefficient (Wildman–Crippen LogP) is 4.31. The Morgan fingerprint density at radius 1 is 0.722 bits per heavy atom. The van der Waals surface area contributed by atoms with E-state index in [1.165, 1.54) is 6.07 Å². The van der Waals surface area contributed by atoms with Gasteiger partial charge in [0.2, 0.25) is 0 Å². The van der Waals surface area contributed by atoms with E-state index in [9.17, 15) is 9.59 Å². The molecule has 0 aliphatic rings. The van der Waals surface area contributed by atoms with Crippen LogP contribution in [0.4, 0.5) is 0 Å². The van der Waals surface area contributed by atoms with Crippen LogP contribution in [0.15, 0.2) is 48.5 Å². The van der Waals surface area contributed by atoms with Crippen LogP contribution in [0.1, 0.15) is 20.7 Å². The zero-order valence-corrected chi connectivity index (χ0v) is 10.9. The predicted molar refractivity (Wildman–Crippen MR) is 73.7 cm³/mol. The van der Waals surface area contributed by atoms with E-state index in [1.54, 1.807) is 24.3 Å². The third-order valence-corrected chi connectivity index (χ3v) is 2.75. The molecule has 2 rings (SSSR count). The maximum absolute atomic E-state index is 10.2. The monoisotopic (exact) mass is 280 g/mol. The molecule has 2 aromatic carbocycles. The van der Waals surface area contributed by atoms with E-state index >= 15 is 0 Å². The molecule has 0 radical (unpaired) electrons. The summed E-state index contributed by atoms with van der Waals surface area (Å²) in [5.74, 6) is 0. The molecule has 2 aromatic rings. The summed E-state index contributed by atoms with van der Waals surface area (Å²) < 4.78 is 0. The van der Waals surface area contributed by atoms with Crippen molar-refractivity contribution in [1.82, 2.24) is 0 Å². The lowest BCUT2D eigenvalue weighted by atomic mass is 10.2. The van der Waals surface area contributed by atoms with E-state index in [0.717, 1.165) is 18.1 Å². The van der Waals surface area contributed by atoms with Gasteiger partial charge in [-0.25, -0.2) is 0 Å². The molecule has 18 heavy (non-hydrogen) atoms. The van der Waals surface area contributed by atoms with Crippen molar-refractivity contribution >= 4 is 35.8 Å². The number of carbonyl (C=O) groups excluding carboxylic acids is 2. The quantitative estimate of drug-likeness (QED) is 0.769. The Hall–Kier alpha value is -1.64. The molecule has 0 aliphatic heterocycles. The van der Waals surface area contributed by atoms with Gasteiger partial charge in [0, 0.05) is 11.1 Å². The first kappa shape index (κ1) is 14.4. The fourth-order valence-electron chi connectivity index (χ4n) is 1.12. The molecule has 0 bridgehead atoms. The van der Waals surface area contributed by atoms with Crippen molar-refractivity contribution in [3.8, 4) is 0 Å². The Kier molecular flexibility index (Phi) is 6.12. The van der Waals surface area contributed by atoms with Crippen LogP contribution in [0, 0.1) is 0 Å². The van der Waals surface area contributed by atoms with Crippen molar-refractivity contribution in [2.24, 2.45) is 0 Å². The number of halogens is 2. The van der Waals surface area contributed by atoms with Crippen LogP contribution >= 0.6 is 23.2 Å². The number of hydrogen-bond donors (Lipinski definition) is 0. The summed E-state index contributed by atoms with van der Waals surface area (Å²) >= 11 is 11.2. The van der Waals surface area contributed by atoms with Gasteiger partial charge in [-0.1, -0.05) is 59.6 Å². The molecule has 92 valence electrons. The van der Waals surface area contributed by atoms with Crippen molar-refractivity contribution in [1.29, 1.82) is 0 Å². The van der Waals surface area contributed by atoms with Gasteiger partial charge in [0.25, 0.3) is 0 Å². The summed E-state index contributed by atoms with van der Waals surface area (Å²) in [5, 5.41) is 0.874. The highest BCUT2D eigenvalue weighted by Crippen LogP contribution is 2.21. The Bertz CT molecular complexity index is 525. The molecule has 0 atom stereocenters. The van der Waals surface area contributed by atoms with Crippen LogP contribution in [0.5, 0.6) is 0 Å². The molecule has 0 unspecified atom stereocenters. The first-order valence-corrected chi connectivity index (χ1v) is 5.83. The lowest BCUT2D eigenvalue weighted by molar-refractivity contribution is 0.111. The Morgan fingerprint density at radius 3 is 1.78 bits per heavy atom. The topological polar surface area (TPSA) is 34.1 Å². The number of aldehydes is 2. The number of rotatable bonds is 2. The molecule has 0 N–H and O–H groups in total. The SMILES string of the molecule is O=Cc1ccc(Cl)c(Cl)c1.O=Cc1ccccc1. The van der Waals surface area contributed by atoms with Crippen LogP contribution in [-0.4, -0.2) is 12.6 Å². The summed E-state index contributed by atoms with van der Waals surface area (Å²) in [7, 11) is 0. The average Bonchev–Trinajstić information content (AvgIpc) is 2.43. The minimum Gasteiger partial charge on any atom is -0.298 e. The van der Waals surface area contributed by atoms with Crippen LogP contribution in [0.3, 0.4) is 0 Å². The van der Waals surface area contributed by atoms with E-state index in [4.69, 9.17) is 23.2 Å². The Morgan fingerprint density at radius 2 is 1.33 bits per heavy atom. The van der Waals surface area contributed by atoms with E-state index in [2.05, 4.69) is 0 Å². The molecule has 0 aliphatic carbocycles. The third-order valence-electron chi connectivity index (χ3n) is 2.02. The second-order valence-corrected chi connectivity index (χ2v) is 4.13. The molecular formula is C14H10Cl2O2. The third kappa shape index (κ3) is 4.70. The highest BCUT2D eigenvalue weighted by atomic mass is 35.5. The van der Waals surface area contributed by atoms with Crippen molar-refractivity contribution in [2.75, 3.05) is 0 Å². The number of carbonyl (C=O) groups is 2. The van der Waals surface area contributed by atoms with Crippen LogP contribution < -0.4 is 0 Å². The zero-order valence-electron chi connectivity index (χ0n) is 9.35. The van der Waals surface area contributed by atoms with Crippen molar-refractivity contribution in [3.63, 3.8) is 0 Å². The fraction of sp³-hybridized carbons (Fsp3) is 0. The van der Waals surface area contributed by atoms with Gasteiger partial charge < -0.3 is 0 Å². The maximum atomic E-state index is 10.2. The van der Waals surface area contributed by atoms with Crippen LogP contribution in [0.25, 0.3) is 0 Å². The molecular weight excluding hydrogens is 271 g/mol. The minimum atomic E-state index is 0.409. The summed E-state index contributed by atoms with van der Waals surface area (Å²) in [6, 6.07) is 13.8. The fourth-order valence-corrected chi connectivity index (χ4v) is 1.42.